The third-order valence-electron chi connectivity index (χ3n) is 6.22. The van der Waals surface area contributed by atoms with E-state index < -0.39 is 11.2 Å². The average molecular weight is 462 g/mol. The van der Waals surface area contributed by atoms with Gasteiger partial charge in [0.2, 0.25) is 17.5 Å². The molecule has 3 aromatic rings. The smallest absolute Gasteiger partial charge is 0.220 e. The molecule has 1 aliphatic rings. The molecule has 1 aliphatic heterocycles. The second-order valence-corrected chi connectivity index (χ2v) is 9.28. The zero-order valence-electron chi connectivity index (χ0n) is 20.0. The number of ketones is 1. The monoisotopic (exact) mass is 461 g/mol. The number of ether oxygens (including phenoxy) is 2. The predicted molar refractivity (Wildman–Crippen MR) is 130 cm³/mol. The Labute approximate surface area is 200 Å². The summed E-state index contributed by atoms with van der Waals surface area (Å²) in [5.74, 6) is 0.491. The molecule has 7 nitrogen and oxygen atoms in total. The number of hydrogen-bond donors (Lipinski definition) is 2. The van der Waals surface area contributed by atoms with E-state index in [0.717, 1.165) is 12.0 Å². The van der Waals surface area contributed by atoms with Crippen LogP contribution in [0, 0.1) is 0 Å². The molecule has 1 fully saturated rings. The fraction of sp³-hybridized carbons (Fsp3) is 0.370. The number of Topliss-reactive ketones (excluding diaryl/α,β-unsaturated/α-hetero) is 1. The van der Waals surface area contributed by atoms with Crippen LogP contribution in [0.5, 0.6) is 11.8 Å². The molecular weight excluding hydrogens is 430 g/mol. The van der Waals surface area contributed by atoms with Gasteiger partial charge < -0.3 is 19.9 Å². The number of aromatic nitrogens is 2. The lowest BCUT2D eigenvalue weighted by Gasteiger charge is -2.39. The number of nitrogens with zero attached hydrogens (tertiary/aromatic N) is 2. The molecule has 1 saturated heterocycles. The minimum atomic E-state index is -1.21. The summed E-state index contributed by atoms with van der Waals surface area (Å²) >= 11 is 0. The number of carbonyl (C=O) groups is 1. The van der Waals surface area contributed by atoms with E-state index >= 15 is 0 Å². The quantitative estimate of drug-likeness (QED) is 0.511. The Morgan fingerprint density at radius 3 is 2.56 bits per heavy atom. The minimum absolute atomic E-state index is 0.187. The van der Waals surface area contributed by atoms with Gasteiger partial charge in [0.05, 0.1) is 18.4 Å². The average Bonchev–Trinajstić information content (AvgIpc) is 2.85. The maximum atomic E-state index is 14.3. The van der Waals surface area contributed by atoms with Crippen LogP contribution in [0.3, 0.4) is 0 Å². The fourth-order valence-electron chi connectivity index (χ4n) is 4.23. The second kappa shape index (κ2) is 9.52. The van der Waals surface area contributed by atoms with Crippen molar-refractivity contribution in [2.75, 3.05) is 13.7 Å². The molecule has 0 spiro atoms. The Morgan fingerprint density at radius 2 is 1.91 bits per heavy atom. The van der Waals surface area contributed by atoms with E-state index in [0.29, 0.717) is 35.7 Å². The highest BCUT2D eigenvalue weighted by Gasteiger charge is 2.46. The summed E-state index contributed by atoms with van der Waals surface area (Å²) in [6, 6.07) is 16.8. The first-order valence-corrected chi connectivity index (χ1v) is 11.5. The Kier molecular flexibility index (Phi) is 6.68. The van der Waals surface area contributed by atoms with Crippen molar-refractivity contribution in [3.8, 4) is 23.0 Å². The van der Waals surface area contributed by atoms with E-state index in [9.17, 15) is 9.90 Å². The van der Waals surface area contributed by atoms with Gasteiger partial charge in [-0.2, -0.15) is 0 Å². The van der Waals surface area contributed by atoms with Crippen molar-refractivity contribution in [1.29, 1.82) is 0 Å². The molecule has 1 aromatic carbocycles. The number of rotatable bonds is 7. The summed E-state index contributed by atoms with van der Waals surface area (Å²) in [6.45, 7) is 5.75. The van der Waals surface area contributed by atoms with Crippen LogP contribution in [-0.4, -0.2) is 46.2 Å². The Balaban J connectivity index is 1.82. The summed E-state index contributed by atoms with van der Waals surface area (Å²) in [6.07, 6.45) is 2.86. The highest BCUT2D eigenvalue weighted by atomic mass is 16.5. The highest BCUT2D eigenvalue weighted by molar-refractivity contribution is 6.07. The number of pyridine rings is 2. The summed E-state index contributed by atoms with van der Waals surface area (Å²) < 4.78 is 11.8. The lowest BCUT2D eigenvalue weighted by Crippen LogP contribution is -2.58. The van der Waals surface area contributed by atoms with E-state index in [4.69, 9.17) is 9.47 Å². The van der Waals surface area contributed by atoms with Gasteiger partial charge in [-0.05, 0) is 51.8 Å². The standard InChI is InChI=1S/C27H31N3O4/c1-18-14-15-27(17-29-18,34-25-21(26(2,3)32)11-8-16-28-25)24(31)20-12-13-22(33-4)30-23(20)19-9-6-5-7-10-19/h5-13,16,18,29,32H,14-15,17H2,1-4H3/t18-,27-/m1/s1. The fourth-order valence-corrected chi connectivity index (χ4v) is 4.23. The van der Waals surface area contributed by atoms with Crippen molar-refractivity contribution in [2.24, 2.45) is 0 Å². The third kappa shape index (κ3) is 4.81. The van der Waals surface area contributed by atoms with Crippen LogP contribution >= 0.6 is 0 Å². The van der Waals surface area contributed by atoms with Crippen LogP contribution < -0.4 is 14.8 Å². The molecule has 0 saturated carbocycles. The topological polar surface area (TPSA) is 93.6 Å². The lowest BCUT2D eigenvalue weighted by molar-refractivity contribution is 0.0198. The maximum absolute atomic E-state index is 14.3. The van der Waals surface area contributed by atoms with Crippen LogP contribution in [0.15, 0.2) is 60.8 Å². The van der Waals surface area contributed by atoms with Gasteiger partial charge in [-0.1, -0.05) is 30.3 Å². The number of nitrogens with one attached hydrogen (secondary N) is 1. The van der Waals surface area contributed by atoms with Gasteiger partial charge in [0, 0.05) is 41.5 Å². The SMILES string of the molecule is COc1ccc(C(=O)[C@@]2(Oc3ncccc3C(C)(C)O)CC[C@@H](C)NC2)c(-c2ccccc2)n1. The van der Waals surface area contributed by atoms with Crippen molar-refractivity contribution < 1.29 is 19.4 Å². The van der Waals surface area contributed by atoms with Crippen molar-refractivity contribution >= 4 is 5.78 Å². The van der Waals surface area contributed by atoms with E-state index in [1.807, 2.05) is 30.3 Å². The highest BCUT2D eigenvalue weighted by Crippen LogP contribution is 2.36. The van der Waals surface area contributed by atoms with E-state index in [1.165, 1.54) is 0 Å². The Bertz CT molecular complexity index is 1150. The molecule has 0 unspecified atom stereocenters. The minimum Gasteiger partial charge on any atom is -0.481 e. The van der Waals surface area contributed by atoms with Crippen LogP contribution in [-0.2, 0) is 5.60 Å². The molecule has 3 heterocycles. The summed E-state index contributed by atoms with van der Waals surface area (Å²) in [5, 5.41) is 14.1. The molecule has 2 atom stereocenters. The molecule has 34 heavy (non-hydrogen) atoms. The largest absolute Gasteiger partial charge is 0.481 e. The third-order valence-corrected chi connectivity index (χ3v) is 6.22. The number of aliphatic hydroxyl groups is 1. The Hall–Kier alpha value is -3.29. The molecule has 4 rings (SSSR count). The van der Waals surface area contributed by atoms with Crippen molar-refractivity contribution in [3.05, 3.63) is 71.9 Å². The molecule has 0 amide bonds. The van der Waals surface area contributed by atoms with Crippen molar-refractivity contribution in [2.45, 2.75) is 50.9 Å². The van der Waals surface area contributed by atoms with Crippen LogP contribution in [0.25, 0.3) is 11.3 Å². The number of benzene rings is 1. The van der Waals surface area contributed by atoms with Crippen LogP contribution in [0.1, 0.15) is 49.5 Å². The van der Waals surface area contributed by atoms with Gasteiger partial charge in [0.15, 0.2) is 5.60 Å². The zero-order valence-corrected chi connectivity index (χ0v) is 20.0. The van der Waals surface area contributed by atoms with Gasteiger partial charge in [-0.15, -0.1) is 0 Å². The van der Waals surface area contributed by atoms with Gasteiger partial charge in [0.25, 0.3) is 0 Å². The van der Waals surface area contributed by atoms with Gasteiger partial charge >= 0.3 is 0 Å². The molecule has 2 aromatic heterocycles. The summed E-state index contributed by atoms with van der Waals surface area (Å²) in [5.41, 5.74) is -0.0656. The van der Waals surface area contributed by atoms with Crippen molar-refractivity contribution in [3.63, 3.8) is 0 Å². The van der Waals surface area contributed by atoms with Gasteiger partial charge in [0.1, 0.15) is 0 Å². The molecular formula is C27H31N3O4. The summed E-state index contributed by atoms with van der Waals surface area (Å²) in [4.78, 5) is 23.3. The molecule has 178 valence electrons. The van der Waals surface area contributed by atoms with Crippen LogP contribution in [0.4, 0.5) is 0 Å². The summed E-state index contributed by atoms with van der Waals surface area (Å²) in [7, 11) is 1.55. The van der Waals surface area contributed by atoms with E-state index in [-0.39, 0.29) is 17.7 Å². The first-order valence-electron chi connectivity index (χ1n) is 11.5. The molecule has 7 heteroatoms. The van der Waals surface area contributed by atoms with Gasteiger partial charge in [-0.25, -0.2) is 9.97 Å². The number of hydrogen-bond acceptors (Lipinski definition) is 7. The zero-order chi connectivity index (χ0) is 24.3. The molecule has 0 aliphatic carbocycles. The van der Waals surface area contributed by atoms with E-state index in [1.54, 1.807) is 51.4 Å². The molecule has 0 bridgehead atoms. The first kappa shape index (κ1) is 23.9. The van der Waals surface area contributed by atoms with Crippen molar-refractivity contribution in [1.82, 2.24) is 15.3 Å². The second-order valence-electron chi connectivity index (χ2n) is 9.28. The number of methoxy groups -OCH3 is 1. The number of carbonyl (C=O) groups excluding carboxylic acids is 1. The predicted octanol–water partition coefficient (Wildman–Crippen LogP) is 4.15. The van der Waals surface area contributed by atoms with E-state index in [2.05, 4.69) is 22.2 Å². The molecule has 0 radical (unpaired) electrons. The normalized spacial score (nSPS) is 20.6. The van der Waals surface area contributed by atoms with Crippen LogP contribution in [0.2, 0.25) is 0 Å². The maximum Gasteiger partial charge on any atom is 0.220 e. The van der Waals surface area contributed by atoms with Gasteiger partial charge in [-0.3, -0.25) is 4.79 Å². The lowest BCUT2D eigenvalue weighted by atomic mass is 9.82. The Morgan fingerprint density at radius 1 is 1.15 bits per heavy atom. The first-order chi connectivity index (χ1) is 16.2. The number of piperidine rings is 1. The molecule has 2 N–H and O–H groups in total.